The molecule has 13 heavy (non-hydrogen) atoms. The van der Waals surface area contributed by atoms with Crippen molar-refractivity contribution in [3.63, 3.8) is 0 Å². The van der Waals surface area contributed by atoms with Gasteiger partial charge in [0.25, 0.3) is 0 Å². The van der Waals surface area contributed by atoms with Crippen molar-refractivity contribution in [1.82, 2.24) is 0 Å². The van der Waals surface area contributed by atoms with E-state index in [1.54, 1.807) is 0 Å². The van der Waals surface area contributed by atoms with Gasteiger partial charge in [-0.25, -0.2) is 0 Å². The number of nitrogens with two attached hydrogens (primary N) is 1. The molecule has 0 saturated carbocycles. The van der Waals surface area contributed by atoms with Crippen LogP contribution in [0.15, 0.2) is 28.7 Å². The Morgan fingerprint density at radius 1 is 1.23 bits per heavy atom. The van der Waals surface area contributed by atoms with Crippen molar-refractivity contribution >= 4 is 21.6 Å². The Morgan fingerprint density at radius 3 is 2.69 bits per heavy atom. The molecule has 1 heterocycles. The number of benzene rings is 1. The summed E-state index contributed by atoms with van der Waals surface area (Å²) in [7, 11) is 0. The normalized spacial score (nSPS) is 17.5. The Hall–Kier alpha value is -0.540. The van der Waals surface area contributed by atoms with Crippen LogP contribution < -0.4 is 10.2 Å². The summed E-state index contributed by atoms with van der Waals surface area (Å²) in [4.78, 5) is 2.44. The molecule has 0 amide bonds. The molecule has 2 nitrogen and oxygen atoms in total. The van der Waals surface area contributed by atoms with Crippen molar-refractivity contribution in [2.24, 2.45) is 0 Å². The molecule has 1 aliphatic heterocycles. The van der Waals surface area contributed by atoms with E-state index < -0.39 is 0 Å². The molecule has 1 aromatic carbocycles. The third kappa shape index (κ3) is 2.23. The van der Waals surface area contributed by atoms with E-state index in [9.17, 15) is 0 Å². The summed E-state index contributed by atoms with van der Waals surface area (Å²) in [5, 5.41) is 2.37. The number of anilines is 1. The van der Waals surface area contributed by atoms with Crippen LogP contribution in [-0.4, -0.2) is 26.2 Å². The molecule has 0 spiro atoms. The molecule has 0 bridgehead atoms. The molecule has 2 N–H and O–H groups in total. The van der Waals surface area contributed by atoms with E-state index in [-0.39, 0.29) is 0 Å². The SMILES string of the molecule is Brc1cccc(N2CC[NH2+]CC2)c1. The molecular weight excluding hydrogens is 228 g/mol. The number of nitrogens with zero attached hydrogens (tertiary/aromatic N) is 1. The number of hydrogen-bond donors (Lipinski definition) is 1. The molecule has 1 saturated heterocycles. The van der Waals surface area contributed by atoms with E-state index in [1.807, 2.05) is 0 Å². The van der Waals surface area contributed by atoms with E-state index >= 15 is 0 Å². The average molecular weight is 242 g/mol. The van der Waals surface area contributed by atoms with Crippen LogP contribution in [0, 0.1) is 0 Å². The molecule has 1 aromatic rings. The zero-order chi connectivity index (χ0) is 9.10. The summed E-state index contributed by atoms with van der Waals surface area (Å²) in [6.45, 7) is 4.76. The van der Waals surface area contributed by atoms with Crippen molar-refractivity contribution < 1.29 is 5.32 Å². The summed E-state index contributed by atoms with van der Waals surface area (Å²) in [6, 6.07) is 8.53. The molecule has 0 unspecified atom stereocenters. The first-order valence-electron chi connectivity index (χ1n) is 4.68. The monoisotopic (exact) mass is 241 g/mol. The second-order valence-electron chi connectivity index (χ2n) is 3.33. The predicted octanol–water partition coefficient (Wildman–Crippen LogP) is 0.832. The van der Waals surface area contributed by atoms with Crippen molar-refractivity contribution in [2.45, 2.75) is 0 Å². The van der Waals surface area contributed by atoms with Gasteiger partial charge in [-0.1, -0.05) is 22.0 Å². The lowest BCUT2D eigenvalue weighted by Gasteiger charge is -2.27. The van der Waals surface area contributed by atoms with Crippen LogP contribution in [-0.2, 0) is 0 Å². The zero-order valence-corrected chi connectivity index (χ0v) is 9.13. The van der Waals surface area contributed by atoms with Crippen LogP contribution in [0.25, 0.3) is 0 Å². The second kappa shape index (κ2) is 4.11. The van der Waals surface area contributed by atoms with Gasteiger partial charge in [-0.15, -0.1) is 0 Å². The highest BCUT2D eigenvalue weighted by molar-refractivity contribution is 9.10. The van der Waals surface area contributed by atoms with Crippen LogP contribution >= 0.6 is 15.9 Å². The summed E-state index contributed by atoms with van der Waals surface area (Å²) >= 11 is 3.49. The topological polar surface area (TPSA) is 19.9 Å². The summed E-state index contributed by atoms with van der Waals surface area (Å²) in [5.41, 5.74) is 1.34. The van der Waals surface area contributed by atoms with Crippen LogP contribution in [0.3, 0.4) is 0 Å². The van der Waals surface area contributed by atoms with Gasteiger partial charge in [-0.2, -0.15) is 0 Å². The molecule has 70 valence electrons. The first-order chi connectivity index (χ1) is 6.36. The van der Waals surface area contributed by atoms with E-state index in [0.29, 0.717) is 0 Å². The molecule has 2 rings (SSSR count). The van der Waals surface area contributed by atoms with E-state index in [4.69, 9.17) is 0 Å². The largest absolute Gasteiger partial charge is 0.360 e. The molecule has 1 aliphatic rings. The summed E-state index contributed by atoms with van der Waals surface area (Å²) in [6.07, 6.45) is 0. The van der Waals surface area contributed by atoms with Crippen molar-refractivity contribution in [3.05, 3.63) is 28.7 Å². The highest BCUT2D eigenvalue weighted by Gasteiger charge is 2.12. The molecular formula is C10H14BrN2+. The Bertz CT molecular complexity index is 282. The second-order valence-corrected chi connectivity index (χ2v) is 4.25. The van der Waals surface area contributed by atoms with E-state index in [0.717, 1.165) is 13.1 Å². The van der Waals surface area contributed by atoms with Crippen LogP contribution in [0.5, 0.6) is 0 Å². The fourth-order valence-corrected chi connectivity index (χ4v) is 2.07. The number of hydrogen-bond acceptors (Lipinski definition) is 1. The Balaban J connectivity index is 2.14. The van der Waals surface area contributed by atoms with Crippen LogP contribution in [0.1, 0.15) is 0 Å². The Labute approximate surface area is 87.1 Å². The highest BCUT2D eigenvalue weighted by Crippen LogP contribution is 2.19. The maximum absolute atomic E-state index is 3.49. The van der Waals surface area contributed by atoms with Crippen molar-refractivity contribution in [3.8, 4) is 0 Å². The standard InChI is InChI=1S/C10H13BrN2/c11-9-2-1-3-10(8-9)13-6-4-12-5-7-13/h1-3,8,12H,4-7H2/p+1. The van der Waals surface area contributed by atoms with Gasteiger partial charge >= 0.3 is 0 Å². The minimum absolute atomic E-state index is 1.16. The highest BCUT2D eigenvalue weighted by atomic mass is 79.9. The minimum atomic E-state index is 1.16. The van der Waals surface area contributed by atoms with Crippen molar-refractivity contribution in [1.29, 1.82) is 0 Å². The molecule has 0 atom stereocenters. The Morgan fingerprint density at radius 2 is 2.00 bits per heavy atom. The lowest BCUT2D eigenvalue weighted by atomic mass is 10.2. The van der Waals surface area contributed by atoms with E-state index in [2.05, 4.69) is 50.4 Å². The van der Waals surface area contributed by atoms with Gasteiger partial charge in [0.05, 0.1) is 26.2 Å². The molecule has 0 aromatic heterocycles. The third-order valence-electron chi connectivity index (χ3n) is 2.38. The zero-order valence-electron chi connectivity index (χ0n) is 7.54. The first kappa shape index (κ1) is 9.03. The van der Waals surface area contributed by atoms with Gasteiger partial charge in [-0.3, -0.25) is 0 Å². The Kier molecular flexibility index (Phi) is 2.86. The molecule has 3 heteroatoms. The lowest BCUT2D eigenvalue weighted by molar-refractivity contribution is -0.655. The van der Waals surface area contributed by atoms with Gasteiger partial charge in [0.15, 0.2) is 0 Å². The van der Waals surface area contributed by atoms with Gasteiger partial charge in [0.2, 0.25) is 0 Å². The maximum atomic E-state index is 3.49. The number of quaternary nitrogens is 1. The van der Waals surface area contributed by atoms with E-state index in [1.165, 1.54) is 23.2 Å². The minimum Gasteiger partial charge on any atom is -0.360 e. The van der Waals surface area contributed by atoms with Gasteiger partial charge in [0.1, 0.15) is 0 Å². The smallest absolute Gasteiger partial charge is 0.0934 e. The number of piperazine rings is 1. The quantitative estimate of drug-likeness (QED) is 0.773. The third-order valence-corrected chi connectivity index (χ3v) is 2.87. The summed E-state index contributed by atoms with van der Waals surface area (Å²) < 4.78 is 1.17. The molecule has 0 radical (unpaired) electrons. The van der Waals surface area contributed by atoms with Gasteiger partial charge in [0, 0.05) is 10.2 Å². The first-order valence-corrected chi connectivity index (χ1v) is 5.48. The molecule has 1 fully saturated rings. The molecule has 0 aliphatic carbocycles. The fraction of sp³-hybridized carbons (Fsp3) is 0.400. The maximum Gasteiger partial charge on any atom is 0.0934 e. The van der Waals surface area contributed by atoms with Crippen molar-refractivity contribution in [2.75, 3.05) is 31.1 Å². The van der Waals surface area contributed by atoms with Crippen LogP contribution in [0.2, 0.25) is 0 Å². The number of halogens is 1. The number of rotatable bonds is 1. The van der Waals surface area contributed by atoms with Crippen LogP contribution in [0.4, 0.5) is 5.69 Å². The fourth-order valence-electron chi connectivity index (χ4n) is 1.68. The summed E-state index contributed by atoms with van der Waals surface area (Å²) in [5.74, 6) is 0. The predicted molar refractivity (Wildman–Crippen MR) is 58.0 cm³/mol. The van der Waals surface area contributed by atoms with Gasteiger partial charge in [-0.05, 0) is 18.2 Å². The lowest BCUT2D eigenvalue weighted by Crippen LogP contribution is -2.89. The van der Waals surface area contributed by atoms with Gasteiger partial charge < -0.3 is 10.2 Å². The average Bonchev–Trinajstić information content (AvgIpc) is 2.19.